The molecule has 3 nitrogen and oxygen atoms in total. The Morgan fingerprint density at radius 1 is 1.29 bits per heavy atom. The Hall–Kier alpha value is -0.960. The van der Waals surface area contributed by atoms with Gasteiger partial charge in [-0.2, -0.15) is 0 Å². The average Bonchev–Trinajstić information content (AvgIpc) is 3.02. The predicted octanol–water partition coefficient (Wildman–Crippen LogP) is 1.72. The highest BCUT2D eigenvalue weighted by Crippen LogP contribution is 2.24. The maximum Gasteiger partial charge on any atom is 0.115 e. The van der Waals surface area contributed by atoms with E-state index in [1.165, 1.54) is 18.4 Å². The summed E-state index contributed by atoms with van der Waals surface area (Å²) in [6.07, 6.45) is 8.06. The van der Waals surface area contributed by atoms with E-state index in [4.69, 9.17) is 0 Å². The van der Waals surface area contributed by atoms with Crippen molar-refractivity contribution in [3.05, 3.63) is 24.3 Å². The molecular formula is C11H17N3. The number of nitrogens with zero attached hydrogens (tertiary/aromatic N) is 2. The van der Waals surface area contributed by atoms with Crippen LogP contribution in [-0.2, 0) is 0 Å². The molecule has 76 valence electrons. The first-order valence-electron chi connectivity index (χ1n) is 5.28. The fraction of sp³-hybridized carbons (Fsp3) is 0.636. The standard InChI is InChI=1S/C11H17N3/c1-8(9(2)14-11-3-4-11)10-5-12-7-13-6-10/h5-9,11,14H,3-4H2,1-2H3. The lowest BCUT2D eigenvalue weighted by molar-refractivity contribution is 0.477. The van der Waals surface area contributed by atoms with E-state index in [9.17, 15) is 0 Å². The van der Waals surface area contributed by atoms with Crippen LogP contribution in [0.2, 0.25) is 0 Å². The summed E-state index contributed by atoms with van der Waals surface area (Å²) in [5.41, 5.74) is 1.22. The largest absolute Gasteiger partial charge is 0.311 e. The van der Waals surface area contributed by atoms with Crippen molar-refractivity contribution in [1.82, 2.24) is 15.3 Å². The van der Waals surface area contributed by atoms with Gasteiger partial charge in [0.15, 0.2) is 0 Å². The van der Waals surface area contributed by atoms with Gasteiger partial charge in [0.05, 0.1) is 0 Å². The predicted molar refractivity (Wildman–Crippen MR) is 56.1 cm³/mol. The zero-order chi connectivity index (χ0) is 9.97. The van der Waals surface area contributed by atoms with Crippen LogP contribution < -0.4 is 5.32 Å². The fourth-order valence-electron chi connectivity index (χ4n) is 1.60. The van der Waals surface area contributed by atoms with Crippen LogP contribution >= 0.6 is 0 Å². The van der Waals surface area contributed by atoms with Crippen LogP contribution in [0.4, 0.5) is 0 Å². The summed E-state index contributed by atoms with van der Waals surface area (Å²) in [6, 6.07) is 1.27. The molecule has 1 aliphatic carbocycles. The summed E-state index contributed by atoms with van der Waals surface area (Å²) in [7, 11) is 0. The van der Waals surface area contributed by atoms with E-state index in [0.29, 0.717) is 12.0 Å². The number of nitrogens with one attached hydrogen (secondary N) is 1. The van der Waals surface area contributed by atoms with E-state index >= 15 is 0 Å². The Kier molecular flexibility index (Phi) is 2.77. The molecule has 0 aromatic carbocycles. The first kappa shape index (κ1) is 9.59. The van der Waals surface area contributed by atoms with Crippen molar-refractivity contribution < 1.29 is 0 Å². The normalized spacial score (nSPS) is 20.4. The van der Waals surface area contributed by atoms with Crippen molar-refractivity contribution in [3.8, 4) is 0 Å². The van der Waals surface area contributed by atoms with Gasteiger partial charge < -0.3 is 5.32 Å². The highest BCUT2D eigenvalue weighted by atomic mass is 15.0. The molecule has 1 heterocycles. The topological polar surface area (TPSA) is 37.8 Å². The van der Waals surface area contributed by atoms with E-state index < -0.39 is 0 Å². The van der Waals surface area contributed by atoms with Gasteiger partial charge >= 0.3 is 0 Å². The maximum absolute atomic E-state index is 4.04. The molecule has 1 aromatic rings. The minimum Gasteiger partial charge on any atom is -0.311 e. The van der Waals surface area contributed by atoms with Gasteiger partial charge in [0.1, 0.15) is 6.33 Å². The Morgan fingerprint density at radius 3 is 2.50 bits per heavy atom. The van der Waals surface area contributed by atoms with E-state index in [1.807, 2.05) is 12.4 Å². The van der Waals surface area contributed by atoms with Gasteiger partial charge in [-0.3, -0.25) is 0 Å². The van der Waals surface area contributed by atoms with Crippen molar-refractivity contribution in [2.75, 3.05) is 0 Å². The lowest BCUT2D eigenvalue weighted by atomic mass is 9.97. The van der Waals surface area contributed by atoms with Crippen molar-refractivity contribution >= 4 is 0 Å². The van der Waals surface area contributed by atoms with Crippen molar-refractivity contribution in [3.63, 3.8) is 0 Å². The van der Waals surface area contributed by atoms with Gasteiger partial charge in [-0.1, -0.05) is 6.92 Å². The van der Waals surface area contributed by atoms with Gasteiger partial charge in [-0.25, -0.2) is 9.97 Å². The van der Waals surface area contributed by atoms with Crippen molar-refractivity contribution in [2.24, 2.45) is 0 Å². The van der Waals surface area contributed by atoms with E-state index in [2.05, 4.69) is 29.1 Å². The number of rotatable bonds is 4. The van der Waals surface area contributed by atoms with Crippen LogP contribution in [0.25, 0.3) is 0 Å². The molecule has 14 heavy (non-hydrogen) atoms. The third kappa shape index (κ3) is 2.29. The molecule has 1 fully saturated rings. The van der Waals surface area contributed by atoms with Crippen LogP contribution in [-0.4, -0.2) is 22.1 Å². The Balaban J connectivity index is 1.96. The SMILES string of the molecule is CC(NC1CC1)C(C)c1cncnc1. The van der Waals surface area contributed by atoms with Gasteiger partial charge in [-0.05, 0) is 31.2 Å². The molecule has 1 N–H and O–H groups in total. The molecule has 2 atom stereocenters. The van der Waals surface area contributed by atoms with Gasteiger partial charge in [-0.15, -0.1) is 0 Å². The summed E-state index contributed by atoms with van der Waals surface area (Å²) in [5, 5.41) is 3.60. The second-order valence-electron chi connectivity index (χ2n) is 4.19. The second kappa shape index (κ2) is 4.05. The summed E-state index contributed by atoms with van der Waals surface area (Å²) >= 11 is 0. The smallest absolute Gasteiger partial charge is 0.115 e. The van der Waals surface area contributed by atoms with Crippen molar-refractivity contribution in [2.45, 2.75) is 44.7 Å². The van der Waals surface area contributed by atoms with Crippen LogP contribution in [0.15, 0.2) is 18.7 Å². The number of hydrogen-bond donors (Lipinski definition) is 1. The molecule has 2 unspecified atom stereocenters. The van der Waals surface area contributed by atoms with E-state index in [-0.39, 0.29) is 0 Å². The Bertz CT molecular complexity index is 282. The quantitative estimate of drug-likeness (QED) is 0.787. The van der Waals surface area contributed by atoms with Crippen LogP contribution in [0.5, 0.6) is 0 Å². The molecule has 1 aliphatic rings. The Morgan fingerprint density at radius 2 is 1.93 bits per heavy atom. The van der Waals surface area contributed by atoms with Gasteiger partial charge in [0.25, 0.3) is 0 Å². The maximum atomic E-state index is 4.04. The lowest BCUT2D eigenvalue weighted by Crippen LogP contribution is -2.32. The minimum atomic E-state index is 0.483. The van der Waals surface area contributed by atoms with Crippen LogP contribution in [0.3, 0.4) is 0 Å². The zero-order valence-electron chi connectivity index (χ0n) is 8.77. The molecule has 0 bridgehead atoms. The van der Waals surface area contributed by atoms with E-state index in [0.717, 1.165) is 6.04 Å². The monoisotopic (exact) mass is 191 g/mol. The second-order valence-corrected chi connectivity index (χ2v) is 4.19. The van der Waals surface area contributed by atoms with Crippen LogP contribution in [0, 0.1) is 0 Å². The molecule has 3 heteroatoms. The molecule has 1 saturated carbocycles. The van der Waals surface area contributed by atoms with Crippen LogP contribution in [0.1, 0.15) is 38.2 Å². The molecule has 2 rings (SSSR count). The molecule has 0 amide bonds. The lowest BCUT2D eigenvalue weighted by Gasteiger charge is -2.20. The highest BCUT2D eigenvalue weighted by molar-refractivity contribution is 5.11. The first-order valence-corrected chi connectivity index (χ1v) is 5.28. The van der Waals surface area contributed by atoms with Gasteiger partial charge in [0.2, 0.25) is 0 Å². The first-order chi connectivity index (χ1) is 6.77. The fourth-order valence-corrected chi connectivity index (χ4v) is 1.60. The van der Waals surface area contributed by atoms with Gasteiger partial charge in [0, 0.05) is 24.5 Å². The third-order valence-electron chi connectivity index (χ3n) is 2.93. The van der Waals surface area contributed by atoms with Crippen molar-refractivity contribution in [1.29, 1.82) is 0 Å². The molecule has 0 aliphatic heterocycles. The minimum absolute atomic E-state index is 0.483. The third-order valence-corrected chi connectivity index (χ3v) is 2.93. The summed E-state index contributed by atoms with van der Waals surface area (Å²) < 4.78 is 0. The summed E-state index contributed by atoms with van der Waals surface area (Å²) in [5.74, 6) is 0.483. The number of hydrogen-bond acceptors (Lipinski definition) is 3. The number of aromatic nitrogens is 2. The molecule has 0 spiro atoms. The zero-order valence-corrected chi connectivity index (χ0v) is 8.77. The Labute approximate surface area is 85.0 Å². The summed E-state index contributed by atoms with van der Waals surface area (Å²) in [6.45, 7) is 4.45. The average molecular weight is 191 g/mol. The molecular weight excluding hydrogens is 174 g/mol. The van der Waals surface area contributed by atoms with E-state index in [1.54, 1.807) is 6.33 Å². The summed E-state index contributed by atoms with van der Waals surface area (Å²) in [4.78, 5) is 8.09. The molecule has 0 saturated heterocycles. The molecule has 1 aromatic heterocycles. The molecule has 0 radical (unpaired) electrons. The highest BCUT2D eigenvalue weighted by Gasteiger charge is 2.25.